The smallest absolute Gasteiger partial charge is 0.123 e. The van der Waals surface area contributed by atoms with Gasteiger partial charge in [0.25, 0.3) is 0 Å². The van der Waals surface area contributed by atoms with Crippen LogP contribution in [-0.4, -0.2) is 4.98 Å². The van der Waals surface area contributed by atoms with Crippen molar-refractivity contribution in [3.8, 4) is 11.3 Å². The molecule has 1 heterocycles. The fraction of sp³-hybridized carbons (Fsp3) is 0. The van der Waals surface area contributed by atoms with Crippen LogP contribution in [0.25, 0.3) is 28.2 Å². The molecule has 0 unspecified atom stereocenters. The van der Waals surface area contributed by atoms with E-state index in [1.165, 1.54) is 12.1 Å². The second-order valence-electron chi connectivity index (χ2n) is 4.48. The molecule has 0 saturated heterocycles. The lowest BCUT2D eigenvalue weighted by Gasteiger charge is -2.06. The van der Waals surface area contributed by atoms with Gasteiger partial charge >= 0.3 is 0 Å². The average Bonchev–Trinajstić information content (AvgIpc) is 2.46. The maximum Gasteiger partial charge on any atom is 0.123 e. The quantitative estimate of drug-likeness (QED) is 0.619. The Labute approximate surface area is 121 Å². The zero-order valence-corrected chi connectivity index (χ0v) is 11.4. The van der Waals surface area contributed by atoms with Crippen molar-refractivity contribution in [3.05, 3.63) is 71.5 Å². The molecule has 0 aliphatic rings. The van der Waals surface area contributed by atoms with Gasteiger partial charge in [0.1, 0.15) is 5.82 Å². The fourth-order valence-electron chi connectivity index (χ4n) is 2.13. The van der Waals surface area contributed by atoms with Crippen LogP contribution in [0.5, 0.6) is 0 Å². The van der Waals surface area contributed by atoms with Gasteiger partial charge in [-0.15, -0.1) is 0 Å². The van der Waals surface area contributed by atoms with E-state index < -0.39 is 0 Å². The van der Waals surface area contributed by atoms with E-state index in [2.05, 4.69) is 11.6 Å². The molecule has 3 rings (SSSR count). The highest BCUT2D eigenvalue weighted by atomic mass is 35.5. The van der Waals surface area contributed by atoms with Gasteiger partial charge in [-0.3, -0.25) is 0 Å². The number of rotatable bonds is 2. The van der Waals surface area contributed by atoms with Crippen molar-refractivity contribution in [2.45, 2.75) is 0 Å². The number of fused-ring (bicyclic) bond motifs is 1. The molecule has 0 radical (unpaired) electrons. The Morgan fingerprint density at radius 3 is 2.70 bits per heavy atom. The molecule has 3 aromatic rings. The van der Waals surface area contributed by atoms with Crippen molar-refractivity contribution in [1.82, 2.24) is 4.98 Å². The first-order valence-electron chi connectivity index (χ1n) is 6.16. The van der Waals surface area contributed by atoms with Gasteiger partial charge in [0.05, 0.1) is 16.2 Å². The Morgan fingerprint density at radius 2 is 1.95 bits per heavy atom. The van der Waals surface area contributed by atoms with E-state index in [-0.39, 0.29) is 5.82 Å². The molecule has 0 saturated carbocycles. The molecule has 0 amide bonds. The minimum Gasteiger partial charge on any atom is -0.248 e. The molecule has 3 heteroatoms. The SMILES string of the molecule is C=Cc1ccc2c(Cl)cc(-c3cccc(F)c3)nc2c1. The van der Waals surface area contributed by atoms with E-state index in [1.54, 1.807) is 18.2 Å². The van der Waals surface area contributed by atoms with Crippen LogP contribution in [0.15, 0.2) is 55.1 Å². The zero-order chi connectivity index (χ0) is 14.1. The topological polar surface area (TPSA) is 12.9 Å². The Kier molecular flexibility index (Phi) is 3.25. The number of hydrogen-bond acceptors (Lipinski definition) is 1. The van der Waals surface area contributed by atoms with E-state index in [4.69, 9.17) is 11.6 Å². The van der Waals surface area contributed by atoms with Crippen molar-refractivity contribution < 1.29 is 4.39 Å². The van der Waals surface area contributed by atoms with Gasteiger partial charge in [-0.2, -0.15) is 0 Å². The lowest BCUT2D eigenvalue weighted by atomic mass is 10.1. The van der Waals surface area contributed by atoms with E-state index >= 15 is 0 Å². The minimum atomic E-state index is -0.291. The maximum atomic E-state index is 13.3. The second kappa shape index (κ2) is 5.06. The molecule has 0 aliphatic carbocycles. The van der Waals surface area contributed by atoms with Gasteiger partial charge in [0.15, 0.2) is 0 Å². The monoisotopic (exact) mass is 283 g/mol. The number of hydrogen-bond donors (Lipinski definition) is 0. The Bertz CT molecular complexity index is 811. The molecular formula is C17H11ClFN. The molecule has 0 spiro atoms. The van der Waals surface area contributed by atoms with Gasteiger partial charge in [-0.25, -0.2) is 9.37 Å². The molecule has 0 fully saturated rings. The average molecular weight is 284 g/mol. The van der Waals surface area contributed by atoms with Crippen LogP contribution >= 0.6 is 11.6 Å². The molecule has 98 valence electrons. The van der Waals surface area contributed by atoms with Crippen LogP contribution in [0.4, 0.5) is 4.39 Å². The third-order valence-corrected chi connectivity index (χ3v) is 3.45. The number of halogens is 2. The van der Waals surface area contributed by atoms with Crippen LogP contribution in [0.1, 0.15) is 5.56 Å². The summed E-state index contributed by atoms with van der Waals surface area (Å²) >= 11 is 6.29. The van der Waals surface area contributed by atoms with Crippen LogP contribution < -0.4 is 0 Å². The highest BCUT2D eigenvalue weighted by Crippen LogP contribution is 2.29. The molecule has 0 N–H and O–H groups in total. The van der Waals surface area contributed by atoms with Crippen molar-refractivity contribution in [1.29, 1.82) is 0 Å². The Hall–Kier alpha value is -2.19. The third-order valence-electron chi connectivity index (χ3n) is 3.14. The fourth-order valence-corrected chi connectivity index (χ4v) is 2.39. The van der Waals surface area contributed by atoms with Crippen LogP contribution in [0.3, 0.4) is 0 Å². The summed E-state index contributed by atoms with van der Waals surface area (Å²) in [6.07, 6.45) is 1.75. The zero-order valence-electron chi connectivity index (χ0n) is 10.6. The molecular weight excluding hydrogens is 273 g/mol. The normalized spacial score (nSPS) is 10.7. The highest BCUT2D eigenvalue weighted by molar-refractivity contribution is 6.35. The summed E-state index contributed by atoms with van der Waals surface area (Å²) in [6, 6.07) is 13.8. The summed E-state index contributed by atoms with van der Waals surface area (Å²) in [5.74, 6) is -0.291. The molecule has 1 aromatic heterocycles. The number of nitrogens with zero attached hydrogens (tertiary/aromatic N) is 1. The maximum absolute atomic E-state index is 13.3. The molecule has 0 atom stereocenters. The lowest BCUT2D eigenvalue weighted by Crippen LogP contribution is -1.88. The highest BCUT2D eigenvalue weighted by Gasteiger charge is 2.07. The summed E-state index contributed by atoms with van der Waals surface area (Å²) in [5, 5.41) is 1.47. The standard InChI is InChI=1S/C17H11ClFN/c1-2-11-6-7-14-15(18)10-16(20-17(14)8-11)12-4-3-5-13(19)9-12/h2-10H,1H2. The van der Waals surface area contributed by atoms with Crippen LogP contribution in [-0.2, 0) is 0 Å². The summed E-state index contributed by atoms with van der Waals surface area (Å²) in [6.45, 7) is 3.74. The van der Waals surface area contributed by atoms with Crippen molar-refractivity contribution in [2.24, 2.45) is 0 Å². The Morgan fingerprint density at radius 1 is 1.10 bits per heavy atom. The largest absolute Gasteiger partial charge is 0.248 e. The van der Waals surface area contributed by atoms with E-state index in [9.17, 15) is 4.39 Å². The van der Waals surface area contributed by atoms with Gasteiger partial charge in [0, 0.05) is 10.9 Å². The molecule has 20 heavy (non-hydrogen) atoms. The molecule has 1 nitrogen and oxygen atoms in total. The van der Waals surface area contributed by atoms with Gasteiger partial charge in [-0.05, 0) is 29.8 Å². The summed E-state index contributed by atoms with van der Waals surface area (Å²) < 4.78 is 13.3. The predicted octanol–water partition coefficient (Wildman–Crippen LogP) is 5.34. The van der Waals surface area contributed by atoms with Crippen molar-refractivity contribution in [3.63, 3.8) is 0 Å². The van der Waals surface area contributed by atoms with Crippen LogP contribution in [0, 0.1) is 5.82 Å². The summed E-state index contributed by atoms with van der Waals surface area (Å²) in [4.78, 5) is 4.56. The lowest BCUT2D eigenvalue weighted by molar-refractivity contribution is 0.628. The van der Waals surface area contributed by atoms with Gasteiger partial charge in [0.2, 0.25) is 0 Å². The number of benzene rings is 2. The van der Waals surface area contributed by atoms with E-state index in [0.29, 0.717) is 16.3 Å². The third kappa shape index (κ3) is 2.30. The second-order valence-corrected chi connectivity index (χ2v) is 4.89. The molecule has 0 bridgehead atoms. The van der Waals surface area contributed by atoms with Gasteiger partial charge in [-0.1, -0.05) is 48.5 Å². The first kappa shape index (κ1) is 12.8. The first-order valence-corrected chi connectivity index (χ1v) is 6.54. The minimum absolute atomic E-state index is 0.291. The van der Waals surface area contributed by atoms with E-state index in [1.807, 2.05) is 24.3 Å². The van der Waals surface area contributed by atoms with Gasteiger partial charge < -0.3 is 0 Å². The number of aromatic nitrogens is 1. The summed E-state index contributed by atoms with van der Waals surface area (Å²) in [5.41, 5.74) is 3.10. The van der Waals surface area contributed by atoms with Crippen LogP contribution in [0.2, 0.25) is 5.02 Å². The molecule has 2 aromatic carbocycles. The van der Waals surface area contributed by atoms with E-state index in [0.717, 1.165) is 16.5 Å². The van der Waals surface area contributed by atoms with Crippen molar-refractivity contribution >= 4 is 28.6 Å². The number of pyridine rings is 1. The summed E-state index contributed by atoms with van der Waals surface area (Å²) in [7, 11) is 0. The predicted molar refractivity (Wildman–Crippen MR) is 82.2 cm³/mol. The first-order chi connectivity index (χ1) is 9.67. The van der Waals surface area contributed by atoms with Crippen molar-refractivity contribution in [2.75, 3.05) is 0 Å². The Balaban J connectivity index is 2.24. The molecule has 0 aliphatic heterocycles.